The summed E-state index contributed by atoms with van der Waals surface area (Å²) in [6.45, 7) is 5.37. The zero-order chi connectivity index (χ0) is 18.6. The fourth-order valence-corrected chi connectivity index (χ4v) is 2.17. The molecule has 2 aromatic rings. The monoisotopic (exact) mass is 343 g/mol. The molecule has 0 atom stereocenters. The fraction of sp³-hybridized carbons (Fsp3) is 0.263. The summed E-state index contributed by atoms with van der Waals surface area (Å²) in [5.41, 5.74) is 1.67. The first-order chi connectivity index (χ1) is 11.7. The predicted molar refractivity (Wildman–Crippen MR) is 95.2 cm³/mol. The van der Waals surface area contributed by atoms with Gasteiger partial charge in [0.15, 0.2) is 0 Å². The lowest BCUT2D eigenvalue weighted by atomic mass is 10.0. The number of anilines is 1. The minimum Gasteiger partial charge on any atom is -0.497 e. The first-order valence-electron chi connectivity index (χ1n) is 7.71. The van der Waals surface area contributed by atoms with Crippen LogP contribution < -0.4 is 10.1 Å². The molecule has 0 aromatic heterocycles. The van der Waals surface area contributed by atoms with E-state index in [-0.39, 0.29) is 5.56 Å². The van der Waals surface area contributed by atoms with Crippen molar-refractivity contribution in [3.05, 3.63) is 48.0 Å². The molecule has 0 saturated heterocycles. The highest BCUT2D eigenvalue weighted by Crippen LogP contribution is 2.27. The number of carbonyl (C=O) groups excluding carboxylic acids is 1. The maximum absolute atomic E-state index is 11.8. The fourth-order valence-electron chi connectivity index (χ4n) is 2.17. The highest BCUT2D eigenvalue weighted by atomic mass is 16.6. The molecule has 2 rings (SSSR count). The van der Waals surface area contributed by atoms with Crippen molar-refractivity contribution in [1.82, 2.24) is 0 Å². The molecular weight excluding hydrogens is 322 g/mol. The van der Waals surface area contributed by atoms with Gasteiger partial charge >= 0.3 is 12.1 Å². The summed E-state index contributed by atoms with van der Waals surface area (Å²) in [7, 11) is 1.48. The minimum atomic E-state index is -1.02. The minimum absolute atomic E-state index is 0.144. The molecule has 132 valence electrons. The second-order valence-corrected chi connectivity index (χ2v) is 6.46. The van der Waals surface area contributed by atoms with Crippen molar-refractivity contribution in [2.24, 2.45) is 0 Å². The van der Waals surface area contributed by atoms with E-state index in [0.29, 0.717) is 17.0 Å². The molecule has 1 amide bonds. The number of benzene rings is 2. The molecule has 2 N–H and O–H groups in total. The first kappa shape index (κ1) is 18.3. The second kappa shape index (κ2) is 7.25. The maximum atomic E-state index is 11.8. The Balaban J connectivity index is 2.21. The van der Waals surface area contributed by atoms with Crippen molar-refractivity contribution in [2.45, 2.75) is 26.4 Å². The Hall–Kier alpha value is -3.02. The van der Waals surface area contributed by atoms with E-state index in [2.05, 4.69) is 5.32 Å². The lowest BCUT2D eigenvalue weighted by Gasteiger charge is -2.19. The summed E-state index contributed by atoms with van der Waals surface area (Å²) < 4.78 is 10.4. The van der Waals surface area contributed by atoms with Crippen LogP contribution in [0.5, 0.6) is 5.75 Å². The Bertz CT molecular complexity index is 775. The topological polar surface area (TPSA) is 84.9 Å². The number of amides is 1. The van der Waals surface area contributed by atoms with E-state index >= 15 is 0 Å². The zero-order valence-electron chi connectivity index (χ0n) is 14.6. The van der Waals surface area contributed by atoms with Gasteiger partial charge < -0.3 is 14.6 Å². The summed E-state index contributed by atoms with van der Waals surface area (Å²) in [6, 6.07) is 11.8. The summed E-state index contributed by atoms with van der Waals surface area (Å²) in [5, 5.41) is 11.8. The van der Waals surface area contributed by atoms with Crippen LogP contribution in [0.15, 0.2) is 42.5 Å². The number of hydrogen-bond donors (Lipinski definition) is 2. The number of carboxylic acids is 1. The molecule has 6 nitrogen and oxygen atoms in total. The second-order valence-electron chi connectivity index (χ2n) is 6.46. The van der Waals surface area contributed by atoms with Crippen LogP contribution in [0.1, 0.15) is 31.1 Å². The molecule has 0 heterocycles. The molecule has 2 aromatic carbocycles. The van der Waals surface area contributed by atoms with E-state index in [4.69, 9.17) is 9.47 Å². The van der Waals surface area contributed by atoms with E-state index in [1.54, 1.807) is 57.2 Å². The molecule has 25 heavy (non-hydrogen) atoms. The summed E-state index contributed by atoms with van der Waals surface area (Å²) in [5.74, 6) is -0.561. The highest BCUT2D eigenvalue weighted by molar-refractivity contribution is 5.90. The van der Waals surface area contributed by atoms with E-state index < -0.39 is 17.7 Å². The largest absolute Gasteiger partial charge is 0.497 e. The van der Waals surface area contributed by atoms with Gasteiger partial charge in [-0.1, -0.05) is 12.1 Å². The number of carbonyl (C=O) groups is 2. The van der Waals surface area contributed by atoms with Gasteiger partial charge in [-0.3, -0.25) is 5.32 Å². The molecule has 0 radical (unpaired) electrons. The summed E-state index contributed by atoms with van der Waals surface area (Å²) in [6.07, 6.45) is -0.533. The van der Waals surface area contributed by atoms with Gasteiger partial charge in [-0.15, -0.1) is 0 Å². The van der Waals surface area contributed by atoms with Crippen molar-refractivity contribution >= 4 is 17.7 Å². The van der Waals surface area contributed by atoms with E-state index in [0.717, 1.165) is 5.56 Å². The van der Waals surface area contributed by atoms with Gasteiger partial charge in [-0.2, -0.15) is 0 Å². The van der Waals surface area contributed by atoms with Crippen LogP contribution in [0.25, 0.3) is 11.1 Å². The number of nitrogens with one attached hydrogen (secondary N) is 1. The van der Waals surface area contributed by atoms with Crippen molar-refractivity contribution in [1.29, 1.82) is 0 Å². The van der Waals surface area contributed by atoms with E-state index in [9.17, 15) is 14.7 Å². The Morgan fingerprint density at radius 3 is 2.16 bits per heavy atom. The third-order valence-electron chi connectivity index (χ3n) is 3.25. The van der Waals surface area contributed by atoms with Gasteiger partial charge in [0.1, 0.15) is 11.4 Å². The van der Waals surface area contributed by atoms with Crippen LogP contribution in [0.4, 0.5) is 10.5 Å². The molecule has 0 spiro atoms. The predicted octanol–water partition coefficient (Wildman–Crippen LogP) is 4.41. The van der Waals surface area contributed by atoms with E-state index in [1.165, 1.54) is 13.2 Å². The maximum Gasteiger partial charge on any atom is 0.412 e. The van der Waals surface area contributed by atoms with E-state index in [1.807, 2.05) is 0 Å². The van der Waals surface area contributed by atoms with Crippen molar-refractivity contribution in [2.75, 3.05) is 12.4 Å². The number of methoxy groups -OCH3 is 1. The normalized spacial score (nSPS) is 10.9. The molecule has 0 fully saturated rings. The van der Waals surface area contributed by atoms with Gasteiger partial charge in [0.05, 0.1) is 12.7 Å². The Morgan fingerprint density at radius 1 is 1.00 bits per heavy atom. The van der Waals surface area contributed by atoms with Crippen LogP contribution in [-0.4, -0.2) is 29.9 Å². The van der Waals surface area contributed by atoms with Crippen LogP contribution in [0.3, 0.4) is 0 Å². The quantitative estimate of drug-likeness (QED) is 0.859. The molecule has 6 heteroatoms. The van der Waals surface area contributed by atoms with Crippen molar-refractivity contribution < 1.29 is 24.2 Å². The average molecular weight is 343 g/mol. The van der Waals surface area contributed by atoms with Gasteiger partial charge in [0.2, 0.25) is 0 Å². The highest BCUT2D eigenvalue weighted by Gasteiger charge is 2.16. The first-order valence-corrected chi connectivity index (χ1v) is 7.71. The molecule has 0 saturated carbocycles. The van der Waals surface area contributed by atoms with Crippen molar-refractivity contribution in [3.8, 4) is 16.9 Å². The number of ether oxygens (including phenoxy) is 2. The van der Waals surface area contributed by atoms with Crippen LogP contribution in [0, 0.1) is 0 Å². The summed E-state index contributed by atoms with van der Waals surface area (Å²) >= 11 is 0. The molecule has 0 aliphatic rings. The van der Waals surface area contributed by atoms with Crippen LogP contribution >= 0.6 is 0 Å². The lowest BCUT2D eigenvalue weighted by Crippen LogP contribution is -2.27. The molecule has 0 bridgehead atoms. The molecule has 0 unspecified atom stereocenters. The number of rotatable bonds is 4. The van der Waals surface area contributed by atoms with Gasteiger partial charge in [-0.05, 0) is 62.2 Å². The third kappa shape index (κ3) is 5.24. The Morgan fingerprint density at radius 2 is 1.64 bits per heavy atom. The van der Waals surface area contributed by atoms with Gasteiger partial charge in [0.25, 0.3) is 0 Å². The van der Waals surface area contributed by atoms with Gasteiger partial charge in [0, 0.05) is 5.69 Å². The molecule has 0 aliphatic heterocycles. The molecule has 0 aliphatic carbocycles. The number of carboxylic acid groups (broad SMARTS) is 1. The Kier molecular flexibility index (Phi) is 5.32. The molecular formula is C19H21NO5. The average Bonchev–Trinajstić information content (AvgIpc) is 2.53. The van der Waals surface area contributed by atoms with Crippen molar-refractivity contribution in [3.63, 3.8) is 0 Å². The van der Waals surface area contributed by atoms with Crippen LogP contribution in [-0.2, 0) is 4.74 Å². The third-order valence-corrected chi connectivity index (χ3v) is 3.25. The van der Waals surface area contributed by atoms with Crippen LogP contribution in [0.2, 0.25) is 0 Å². The zero-order valence-corrected chi connectivity index (χ0v) is 14.6. The van der Waals surface area contributed by atoms with Gasteiger partial charge in [-0.25, -0.2) is 9.59 Å². The number of hydrogen-bond acceptors (Lipinski definition) is 4. The smallest absolute Gasteiger partial charge is 0.412 e. The lowest BCUT2D eigenvalue weighted by molar-refractivity contribution is 0.0634. The summed E-state index contributed by atoms with van der Waals surface area (Å²) in [4.78, 5) is 23.0. The number of aromatic carboxylic acids is 1. The standard InChI is InChI=1S/C19H21NO5/c1-19(2,3)25-18(23)20-15-7-5-12(6-8-15)13-9-14(17(21)22)11-16(10-13)24-4/h5-11H,1-4H3,(H,20,23)(H,21,22). The Labute approximate surface area is 146 Å². The SMILES string of the molecule is COc1cc(C(=O)O)cc(-c2ccc(NC(=O)OC(C)(C)C)cc2)c1.